The molecular weight excluding hydrogens is 382 g/mol. The van der Waals surface area contributed by atoms with Gasteiger partial charge < -0.3 is 14.8 Å². The van der Waals surface area contributed by atoms with Crippen LogP contribution in [0, 0.1) is 0 Å². The molecule has 1 atom stereocenters. The number of rotatable bonds is 5. The number of thiophene rings is 1. The van der Waals surface area contributed by atoms with Gasteiger partial charge in [-0.3, -0.25) is 4.79 Å². The number of carbonyl (C=O) groups is 2. The molecule has 0 fully saturated rings. The average molecular weight is 398 g/mol. The van der Waals surface area contributed by atoms with Crippen LogP contribution in [0.4, 0.5) is 5.69 Å². The van der Waals surface area contributed by atoms with E-state index in [0.717, 1.165) is 10.4 Å². The Bertz CT molecular complexity index is 714. The van der Waals surface area contributed by atoms with Gasteiger partial charge in [-0.25, -0.2) is 4.79 Å². The number of benzene rings is 1. The van der Waals surface area contributed by atoms with Crippen LogP contribution < -0.4 is 5.32 Å². The third kappa shape index (κ3) is 3.80. The first-order chi connectivity index (χ1) is 11.0. The van der Waals surface area contributed by atoms with Crippen LogP contribution in [-0.2, 0) is 14.3 Å². The van der Waals surface area contributed by atoms with Gasteiger partial charge in [-0.1, -0.05) is 30.3 Å². The highest BCUT2D eigenvalue weighted by Crippen LogP contribution is 2.44. The van der Waals surface area contributed by atoms with E-state index in [-0.39, 0.29) is 5.91 Å². The van der Waals surface area contributed by atoms with Gasteiger partial charge in [0.1, 0.15) is 11.0 Å². The van der Waals surface area contributed by atoms with E-state index in [1.807, 2.05) is 30.3 Å². The summed E-state index contributed by atoms with van der Waals surface area (Å²) in [6.07, 6.45) is -0.632. The molecule has 1 aromatic heterocycles. The second-order valence-electron chi connectivity index (χ2n) is 4.67. The first kappa shape index (κ1) is 17.7. The number of anilines is 1. The highest BCUT2D eigenvalue weighted by molar-refractivity contribution is 9.10. The fourth-order valence-electron chi connectivity index (χ4n) is 1.87. The number of carbonyl (C=O) groups excluding carboxylic acids is 2. The Morgan fingerprint density at radius 2 is 1.87 bits per heavy atom. The minimum Gasteiger partial charge on any atom is -0.465 e. The van der Waals surface area contributed by atoms with Crippen molar-refractivity contribution in [2.24, 2.45) is 0 Å². The van der Waals surface area contributed by atoms with Gasteiger partial charge in [0.15, 0.2) is 0 Å². The third-order valence-corrected chi connectivity index (χ3v) is 5.50. The number of methoxy groups -OCH3 is 2. The quantitative estimate of drug-likeness (QED) is 0.775. The van der Waals surface area contributed by atoms with Gasteiger partial charge in [-0.05, 0) is 28.4 Å². The van der Waals surface area contributed by atoms with Crippen molar-refractivity contribution in [3.8, 4) is 10.4 Å². The number of hydrogen-bond donors (Lipinski definition) is 1. The Morgan fingerprint density at radius 3 is 2.43 bits per heavy atom. The van der Waals surface area contributed by atoms with E-state index in [9.17, 15) is 9.59 Å². The number of esters is 1. The largest absolute Gasteiger partial charge is 0.465 e. The lowest BCUT2D eigenvalue weighted by atomic mass is 10.2. The van der Waals surface area contributed by atoms with Crippen molar-refractivity contribution in [3.63, 3.8) is 0 Å². The number of amides is 1. The lowest BCUT2D eigenvalue weighted by Crippen LogP contribution is -2.27. The molecule has 2 aromatic rings. The van der Waals surface area contributed by atoms with E-state index in [1.54, 1.807) is 6.92 Å². The summed E-state index contributed by atoms with van der Waals surface area (Å²) in [5, 5.41) is 2.73. The van der Waals surface area contributed by atoms with Gasteiger partial charge in [0, 0.05) is 7.11 Å². The molecule has 0 saturated heterocycles. The van der Waals surface area contributed by atoms with E-state index in [0.29, 0.717) is 15.0 Å². The minimum absolute atomic E-state index is 0.329. The second-order valence-corrected chi connectivity index (χ2v) is 6.49. The number of nitrogens with one attached hydrogen (secondary N) is 1. The van der Waals surface area contributed by atoms with Crippen LogP contribution in [0.2, 0.25) is 0 Å². The summed E-state index contributed by atoms with van der Waals surface area (Å²) in [5.74, 6) is -0.839. The molecule has 5 nitrogen and oxygen atoms in total. The molecule has 1 amide bonds. The molecule has 23 heavy (non-hydrogen) atoms. The maximum Gasteiger partial charge on any atom is 0.350 e. The predicted octanol–water partition coefficient (Wildman–Crippen LogP) is 3.94. The number of halogens is 1. The lowest BCUT2D eigenvalue weighted by molar-refractivity contribution is -0.124. The zero-order valence-corrected chi connectivity index (χ0v) is 15.3. The highest BCUT2D eigenvalue weighted by atomic mass is 79.9. The standard InChI is InChI=1S/C16H16BrNO4S/c1-9(21-2)15(19)18-12-11(17)13(10-7-5-4-6-8-10)23-14(12)16(20)22-3/h4-9H,1-3H3,(H,18,19). The summed E-state index contributed by atoms with van der Waals surface area (Å²) >= 11 is 4.74. The average Bonchev–Trinajstić information content (AvgIpc) is 2.91. The predicted molar refractivity (Wildman–Crippen MR) is 93.9 cm³/mol. The van der Waals surface area contributed by atoms with Crippen molar-refractivity contribution in [3.05, 3.63) is 39.7 Å². The van der Waals surface area contributed by atoms with Crippen molar-refractivity contribution >= 4 is 44.8 Å². The van der Waals surface area contributed by atoms with E-state index >= 15 is 0 Å². The Balaban J connectivity index is 2.49. The van der Waals surface area contributed by atoms with Crippen molar-refractivity contribution in [2.75, 3.05) is 19.5 Å². The van der Waals surface area contributed by atoms with Gasteiger partial charge in [-0.2, -0.15) is 0 Å². The zero-order chi connectivity index (χ0) is 17.0. The molecular formula is C16H16BrNO4S. The Labute approximate surface area is 146 Å². The van der Waals surface area contributed by atoms with E-state index < -0.39 is 12.1 Å². The first-order valence-electron chi connectivity index (χ1n) is 6.79. The van der Waals surface area contributed by atoms with Gasteiger partial charge in [0.05, 0.1) is 22.1 Å². The first-order valence-corrected chi connectivity index (χ1v) is 8.40. The SMILES string of the molecule is COC(=O)c1sc(-c2ccccc2)c(Br)c1NC(=O)C(C)OC. The molecule has 0 aliphatic rings. The van der Waals surface area contributed by atoms with Gasteiger partial charge in [-0.15, -0.1) is 11.3 Å². The summed E-state index contributed by atoms with van der Waals surface area (Å²) in [6.45, 7) is 1.63. The van der Waals surface area contributed by atoms with Gasteiger partial charge in [0.25, 0.3) is 5.91 Å². The Kier molecular flexibility index (Phi) is 5.92. The maximum absolute atomic E-state index is 12.1. The highest BCUT2D eigenvalue weighted by Gasteiger charge is 2.25. The molecule has 0 bridgehead atoms. The fourth-order valence-corrected chi connectivity index (χ4v) is 3.84. The molecule has 1 N–H and O–H groups in total. The maximum atomic E-state index is 12.1. The minimum atomic E-state index is -0.632. The van der Waals surface area contributed by atoms with Crippen LogP contribution in [-0.4, -0.2) is 32.2 Å². The number of hydrogen-bond acceptors (Lipinski definition) is 5. The molecule has 1 aromatic carbocycles. The van der Waals surface area contributed by atoms with E-state index in [1.165, 1.54) is 25.6 Å². The van der Waals surface area contributed by atoms with Gasteiger partial charge in [0.2, 0.25) is 0 Å². The molecule has 0 spiro atoms. The molecule has 1 heterocycles. The molecule has 0 aliphatic carbocycles. The summed E-state index contributed by atoms with van der Waals surface area (Å²) in [6, 6.07) is 9.59. The normalized spacial score (nSPS) is 11.8. The van der Waals surface area contributed by atoms with Crippen LogP contribution >= 0.6 is 27.3 Å². The molecule has 122 valence electrons. The monoisotopic (exact) mass is 397 g/mol. The van der Waals surface area contributed by atoms with Crippen LogP contribution in [0.3, 0.4) is 0 Å². The summed E-state index contributed by atoms with van der Waals surface area (Å²) < 4.78 is 10.5. The summed E-state index contributed by atoms with van der Waals surface area (Å²) in [4.78, 5) is 25.3. The summed E-state index contributed by atoms with van der Waals surface area (Å²) in [5.41, 5.74) is 1.34. The molecule has 0 radical (unpaired) electrons. The Hall–Kier alpha value is -1.70. The topological polar surface area (TPSA) is 64.6 Å². The smallest absolute Gasteiger partial charge is 0.350 e. The Morgan fingerprint density at radius 1 is 1.22 bits per heavy atom. The summed E-state index contributed by atoms with van der Waals surface area (Å²) in [7, 11) is 2.76. The van der Waals surface area contributed by atoms with Gasteiger partial charge >= 0.3 is 5.97 Å². The molecule has 2 rings (SSSR count). The second kappa shape index (κ2) is 7.72. The lowest BCUT2D eigenvalue weighted by Gasteiger charge is -2.11. The zero-order valence-electron chi connectivity index (χ0n) is 12.9. The van der Waals surface area contributed by atoms with Crippen molar-refractivity contribution < 1.29 is 19.1 Å². The van der Waals surface area contributed by atoms with E-state index in [4.69, 9.17) is 9.47 Å². The van der Waals surface area contributed by atoms with Crippen LogP contribution in [0.25, 0.3) is 10.4 Å². The molecule has 0 saturated carbocycles. The molecule has 0 aliphatic heterocycles. The van der Waals surface area contributed by atoms with Crippen molar-refractivity contribution in [2.45, 2.75) is 13.0 Å². The molecule has 7 heteroatoms. The van der Waals surface area contributed by atoms with Crippen LogP contribution in [0.5, 0.6) is 0 Å². The fraction of sp³-hybridized carbons (Fsp3) is 0.250. The van der Waals surface area contributed by atoms with Crippen molar-refractivity contribution in [1.82, 2.24) is 0 Å². The van der Waals surface area contributed by atoms with Crippen molar-refractivity contribution in [1.29, 1.82) is 0 Å². The van der Waals surface area contributed by atoms with Crippen LogP contribution in [0.1, 0.15) is 16.6 Å². The molecule has 1 unspecified atom stereocenters. The van der Waals surface area contributed by atoms with E-state index in [2.05, 4.69) is 21.2 Å². The van der Waals surface area contributed by atoms with Crippen LogP contribution in [0.15, 0.2) is 34.8 Å². The number of ether oxygens (including phenoxy) is 2. The third-order valence-electron chi connectivity index (χ3n) is 3.23.